The number of carboxylic acids is 1. The number of rotatable bonds is 5. The topological polar surface area (TPSA) is 46.5 Å². The van der Waals surface area contributed by atoms with Crippen molar-refractivity contribution in [2.45, 2.75) is 25.7 Å². The monoisotopic (exact) mass is 260 g/mol. The first kappa shape index (κ1) is 13.7. The number of ether oxygens (including phenoxy) is 1. The van der Waals surface area contributed by atoms with Gasteiger partial charge in [-0.25, -0.2) is 0 Å². The number of carboxylic acid groups (broad SMARTS) is 1. The Morgan fingerprint density at radius 1 is 1.47 bits per heavy atom. The van der Waals surface area contributed by atoms with Crippen molar-refractivity contribution in [2.24, 2.45) is 11.8 Å². The molecule has 1 aromatic rings. The van der Waals surface area contributed by atoms with E-state index in [0.29, 0.717) is 6.42 Å². The van der Waals surface area contributed by atoms with Crippen molar-refractivity contribution in [3.05, 3.63) is 42.0 Å². The minimum atomic E-state index is -0.720. The van der Waals surface area contributed by atoms with Crippen molar-refractivity contribution in [2.75, 3.05) is 7.11 Å². The van der Waals surface area contributed by atoms with Gasteiger partial charge in [-0.05, 0) is 43.2 Å². The number of methoxy groups -OCH3 is 1. The fourth-order valence-electron chi connectivity index (χ4n) is 2.70. The molecule has 0 fully saturated rings. The van der Waals surface area contributed by atoms with Crippen molar-refractivity contribution in [1.82, 2.24) is 0 Å². The number of para-hydroxylation sites is 1. The summed E-state index contributed by atoms with van der Waals surface area (Å²) in [5, 5.41) is 9.48. The second-order valence-electron chi connectivity index (χ2n) is 4.98. The molecule has 1 aromatic carbocycles. The highest BCUT2D eigenvalue weighted by Crippen LogP contribution is 2.30. The van der Waals surface area contributed by atoms with E-state index < -0.39 is 5.97 Å². The molecule has 0 amide bonds. The van der Waals surface area contributed by atoms with Crippen LogP contribution in [0.15, 0.2) is 36.4 Å². The Labute approximate surface area is 113 Å². The van der Waals surface area contributed by atoms with Crippen molar-refractivity contribution in [3.63, 3.8) is 0 Å². The van der Waals surface area contributed by atoms with E-state index in [4.69, 9.17) is 4.74 Å². The zero-order valence-corrected chi connectivity index (χ0v) is 11.2. The normalized spacial score (nSPS) is 19.9. The average molecular weight is 260 g/mol. The molecule has 3 heteroatoms. The number of aliphatic carboxylic acids is 1. The third kappa shape index (κ3) is 3.37. The first-order valence-electron chi connectivity index (χ1n) is 6.73. The average Bonchev–Trinajstić information content (AvgIpc) is 2.45. The Balaban J connectivity index is 2.18. The van der Waals surface area contributed by atoms with Crippen LogP contribution in [0.25, 0.3) is 0 Å². The summed E-state index contributed by atoms with van der Waals surface area (Å²) in [5.74, 6) is -0.181. The van der Waals surface area contributed by atoms with Gasteiger partial charge in [0, 0.05) is 0 Å². The number of carbonyl (C=O) groups is 1. The highest BCUT2D eigenvalue weighted by molar-refractivity contribution is 5.71. The molecule has 0 bridgehead atoms. The van der Waals surface area contributed by atoms with Gasteiger partial charge in [-0.2, -0.15) is 0 Å². The predicted molar refractivity (Wildman–Crippen MR) is 74.3 cm³/mol. The number of hydrogen-bond donors (Lipinski definition) is 1. The summed E-state index contributed by atoms with van der Waals surface area (Å²) < 4.78 is 5.30. The van der Waals surface area contributed by atoms with Crippen LogP contribution in [0.4, 0.5) is 0 Å². The summed E-state index contributed by atoms with van der Waals surface area (Å²) in [7, 11) is 1.62. The Morgan fingerprint density at radius 3 is 2.89 bits per heavy atom. The number of allylic oxidation sites excluding steroid dienone is 2. The molecule has 0 saturated carbocycles. The third-order valence-corrected chi connectivity index (χ3v) is 3.76. The standard InChI is InChI=1S/C16H20O3/c1-19-15-10-6-5-9-13(15)11-14(16(17)18)12-7-3-2-4-8-12/h3,5-7,9-10,12,14H,2,4,8,11H2,1H3,(H,17,18). The smallest absolute Gasteiger partial charge is 0.307 e. The van der Waals surface area contributed by atoms with Crippen molar-refractivity contribution in [1.29, 1.82) is 0 Å². The first-order chi connectivity index (χ1) is 9.22. The Bertz CT molecular complexity index is 465. The lowest BCUT2D eigenvalue weighted by atomic mass is 9.81. The number of benzene rings is 1. The fraction of sp³-hybridized carbons (Fsp3) is 0.438. The molecule has 2 unspecified atom stereocenters. The molecule has 0 radical (unpaired) electrons. The van der Waals surface area contributed by atoms with Gasteiger partial charge in [-0.1, -0.05) is 30.4 Å². The molecule has 3 nitrogen and oxygen atoms in total. The molecule has 1 aliphatic rings. The summed E-state index contributed by atoms with van der Waals surface area (Å²) in [4.78, 5) is 11.5. The van der Waals surface area contributed by atoms with Gasteiger partial charge in [-0.15, -0.1) is 0 Å². The van der Waals surface area contributed by atoms with Crippen molar-refractivity contribution in [3.8, 4) is 5.75 Å². The van der Waals surface area contributed by atoms with Gasteiger partial charge in [0.2, 0.25) is 0 Å². The maximum Gasteiger partial charge on any atom is 0.307 e. The second-order valence-corrected chi connectivity index (χ2v) is 4.98. The quantitative estimate of drug-likeness (QED) is 0.826. The summed E-state index contributed by atoms with van der Waals surface area (Å²) in [6.07, 6.45) is 7.80. The van der Waals surface area contributed by atoms with Crippen LogP contribution >= 0.6 is 0 Å². The van der Waals surface area contributed by atoms with Crippen molar-refractivity contribution >= 4 is 5.97 Å². The second kappa shape index (κ2) is 6.41. The van der Waals surface area contributed by atoms with E-state index in [2.05, 4.69) is 12.2 Å². The molecule has 2 atom stereocenters. The summed E-state index contributed by atoms with van der Waals surface area (Å²) in [6.45, 7) is 0. The lowest BCUT2D eigenvalue weighted by molar-refractivity contribution is -0.143. The van der Waals surface area contributed by atoms with E-state index in [-0.39, 0.29) is 11.8 Å². The molecule has 0 aliphatic heterocycles. The SMILES string of the molecule is COc1ccccc1CC(C(=O)O)C1C=CCCC1. The summed E-state index contributed by atoms with van der Waals surface area (Å²) in [6, 6.07) is 7.65. The van der Waals surface area contributed by atoms with E-state index in [1.165, 1.54) is 0 Å². The molecular formula is C16H20O3. The molecule has 19 heavy (non-hydrogen) atoms. The molecule has 1 aliphatic carbocycles. The van der Waals surface area contributed by atoms with Gasteiger partial charge >= 0.3 is 5.97 Å². The van der Waals surface area contributed by atoms with E-state index in [0.717, 1.165) is 30.6 Å². The maximum absolute atomic E-state index is 11.5. The van der Waals surface area contributed by atoms with Crippen LogP contribution in [-0.4, -0.2) is 18.2 Å². The minimum absolute atomic E-state index is 0.135. The zero-order valence-electron chi connectivity index (χ0n) is 11.2. The largest absolute Gasteiger partial charge is 0.496 e. The van der Waals surface area contributed by atoms with Crippen LogP contribution in [0, 0.1) is 11.8 Å². The molecule has 102 valence electrons. The lowest BCUT2D eigenvalue weighted by Crippen LogP contribution is -2.25. The highest BCUT2D eigenvalue weighted by atomic mass is 16.5. The summed E-state index contributed by atoms with van der Waals surface area (Å²) >= 11 is 0. The van der Waals surface area contributed by atoms with Gasteiger partial charge in [-0.3, -0.25) is 4.79 Å². The zero-order chi connectivity index (χ0) is 13.7. The van der Waals surface area contributed by atoms with Gasteiger partial charge in [0.05, 0.1) is 13.0 Å². The van der Waals surface area contributed by atoms with Crippen LogP contribution in [0.2, 0.25) is 0 Å². The minimum Gasteiger partial charge on any atom is -0.496 e. The molecule has 1 N–H and O–H groups in total. The highest BCUT2D eigenvalue weighted by Gasteiger charge is 2.28. The van der Waals surface area contributed by atoms with Crippen LogP contribution in [0.5, 0.6) is 5.75 Å². The van der Waals surface area contributed by atoms with Gasteiger partial charge in [0.15, 0.2) is 0 Å². The van der Waals surface area contributed by atoms with E-state index in [1.807, 2.05) is 24.3 Å². The summed E-state index contributed by atoms with van der Waals surface area (Å²) in [5.41, 5.74) is 0.969. The number of hydrogen-bond acceptors (Lipinski definition) is 2. The predicted octanol–water partition coefficient (Wildman–Crippen LogP) is 3.29. The van der Waals surface area contributed by atoms with E-state index in [1.54, 1.807) is 7.11 Å². The van der Waals surface area contributed by atoms with Crippen LogP contribution < -0.4 is 4.74 Å². The molecule has 2 rings (SSSR count). The Kier molecular flexibility index (Phi) is 4.61. The van der Waals surface area contributed by atoms with Crippen LogP contribution in [0.1, 0.15) is 24.8 Å². The molecule has 0 saturated heterocycles. The first-order valence-corrected chi connectivity index (χ1v) is 6.73. The van der Waals surface area contributed by atoms with Crippen LogP contribution in [-0.2, 0) is 11.2 Å². The van der Waals surface area contributed by atoms with Crippen LogP contribution in [0.3, 0.4) is 0 Å². The molecule has 0 heterocycles. The molecular weight excluding hydrogens is 240 g/mol. The Hall–Kier alpha value is -1.77. The lowest BCUT2D eigenvalue weighted by Gasteiger charge is -2.24. The molecule has 0 spiro atoms. The molecule has 0 aromatic heterocycles. The van der Waals surface area contributed by atoms with Gasteiger partial charge in [0.1, 0.15) is 5.75 Å². The third-order valence-electron chi connectivity index (χ3n) is 3.76. The van der Waals surface area contributed by atoms with E-state index >= 15 is 0 Å². The Morgan fingerprint density at radius 2 is 2.26 bits per heavy atom. The fourth-order valence-corrected chi connectivity index (χ4v) is 2.70. The van der Waals surface area contributed by atoms with E-state index in [9.17, 15) is 9.90 Å². The maximum atomic E-state index is 11.5. The van der Waals surface area contributed by atoms with Crippen molar-refractivity contribution < 1.29 is 14.6 Å². The van der Waals surface area contributed by atoms with Gasteiger partial charge < -0.3 is 9.84 Å². The van der Waals surface area contributed by atoms with Gasteiger partial charge in [0.25, 0.3) is 0 Å².